The number of halogens is 1. The second-order valence-electron chi connectivity index (χ2n) is 4.88. The number of rotatable bonds is 3. The molecule has 0 spiro atoms. The number of hydrogen-bond donors (Lipinski definition) is 2. The minimum Gasteiger partial charge on any atom is -0.454 e. The standard InChI is InChI=1S/C14H12BrN3O/c15-9-1-4-12-8(5-9)6-13(19-12)11-7-14(18-17-11)16-10-2-3-10/h1,4-7,10H,2-3H2,(H2,16,17,18). The number of aromatic amines is 1. The van der Waals surface area contributed by atoms with Gasteiger partial charge in [0.25, 0.3) is 0 Å². The van der Waals surface area contributed by atoms with Crippen LogP contribution in [-0.2, 0) is 0 Å². The first-order valence-electron chi connectivity index (χ1n) is 6.29. The molecule has 1 aliphatic carbocycles. The zero-order valence-corrected chi connectivity index (χ0v) is 11.7. The molecule has 1 aromatic carbocycles. The van der Waals surface area contributed by atoms with Gasteiger partial charge in [-0.15, -0.1) is 0 Å². The van der Waals surface area contributed by atoms with E-state index in [9.17, 15) is 0 Å². The second-order valence-corrected chi connectivity index (χ2v) is 5.79. The molecule has 4 rings (SSSR count). The van der Waals surface area contributed by atoms with E-state index >= 15 is 0 Å². The maximum absolute atomic E-state index is 5.82. The first-order valence-corrected chi connectivity index (χ1v) is 7.09. The number of fused-ring (bicyclic) bond motifs is 1. The van der Waals surface area contributed by atoms with Gasteiger partial charge >= 0.3 is 0 Å². The largest absolute Gasteiger partial charge is 0.454 e. The van der Waals surface area contributed by atoms with Crippen molar-refractivity contribution < 1.29 is 4.42 Å². The minimum absolute atomic E-state index is 0.600. The van der Waals surface area contributed by atoms with Crippen LogP contribution in [0.15, 0.2) is 39.2 Å². The van der Waals surface area contributed by atoms with Gasteiger partial charge in [-0.3, -0.25) is 5.10 Å². The highest BCUT2D eigenvalue weighted by molar-refractivity contribution is 9.10. The Morgan fingerprint density at radius 1 is 1.26 bits per heavy atom. The van der Waals surface area contributed by atoms with E-state index in [1.54, 1.807) is 0 Å². The molecule has 19 heavy (non-hydrogen) atoms. The smallest absolute Gasteiger partial charge is 0.153 e. The fraction of sp³-hybridized carbons (Fsp3) is 0.214. The number of nitrogens with zero attached hydrogens (tertiary/aromatic N) is 1. The summed E-state index contributed by atoms with van der Waals surface area (Å²) in [6, 6.07) is 10.6. The SMILES string of the molecule is Brc1ccc2oc(-c3cc(NC4CC4)n[nH]3)cc2c1. The lowest BCUT2D eigenvalue weighted by Crippen LogP contribution is -2.00. The summed E-state index contributed by atoms with van der Waals surface area (Å²) >= 11 is 3.46. The van der Waals surface area contributed by atoms with Gasteiger partial charge in [0.05, 0.1) is 0 Å². The van der Waals surface area contributed by atoms with E-state index < -0.39 is 0 Å². The molecule has 0 saturated heterocycles. The summed E-state index contributed by atoms with van der Waals surface area (Å²) in [5.74, 6) is 1.70. The fourth-order valence-corrected chi connectivity index (χ4v) is 2.48. The van der Waals surface area contributed by atoms with E-state index in [0.717, 1.165) is 32.7 Å². The number of benzene rings is 1. The van der Waals surface area contributed by atoms with Crippen molar-refractivity contribution in [1.29, 1.82) is 0 Å². The monoisotopic (exact) mass is 317 g/mol. The fourth-order valence-electron chi connectivity index (χ4n) is 2.11. The molecule has 0 unspecified atom stereocenters. The van der Waals surface area contributed by atoms with E-state index in [1.807, 2.05) is 30.3 Å². The van der Waals surface area contributed by atoms with Gasteiger partial charge in [0.1, 0.15) is 17.1 Å². The molecule has 5 heteroatoms. The molecule has 2 aromatic heterocycles. The average molecular weight is 318 g/mol. The van der Waals surface area contributed by atoms with Crippen LogP contribution in [0.5, 0.6) is 0 Å². The van der Waals surface area contributed by atoms with Crippen LogP contribution in [0.25, 0.3) is 22.4 Å². The summed E-state index contributed by atoms with van der Waals surface area (Å²) in [5.41, 5.74) is 1.78. The van der Waals surface area contributed by atoms with E-state index in [1.165, 1.54) is 12.8 Å². The Kier molecular flexibility index (Phi) is 2.41. The number of furan rings is 1. The minimum atomic E-state index is 0.600. The summed E-state index contributed by atoms with van der Waals surface area (Å²) in [6.45, 7) is 0. The molecular formula is C14H12BrN3O. The second kappa shape index (κ2) is 4.13. The summed E-state index contributed by atoms with van der Waals surface area (Å²) in [7, 11) is 0. The van der Waals surface area contributed by atoms with Gasteiger partial charge in [-0.25, -0.2) is 0 Å². The van der Waals surface area contributed by atoms with Crippen LogP contribution in [0.3, 0.4) is 0 Å². The molecule has 0 radical (unpaired) electrons. The average Bonchev–Trinajstić information content (AvgIpc) is 2.91. The van der Waals surface area contributed by atoms with Gasteiger partial charge in [-0.1, -0.05) is 15.9 Å². The molecule has 1 fully saturated rings. The Morgan fingerprint density at radius 3 is 3.00 bits per heavy atom. The lowest BCUT2D eigenvalue weighted by atomic mass is 10.2. The molecule has 3 aromatic rings. The number of aromatic nitrogens is 2. The van der Waals surface area contributed by atoms with Crippen LogP contribution in [-0.4, -0.2) is 16.2 Å². The maximum Gasteiger partial charge on any atom is 0.153 e. The Morgan fingerprint density at radius 2 is 2.16 bits per heavy atom. The summed E-state index contributed by atoms with van der Waals surface area (Å²) in [4.78, 5) is 0. The highest BCUT2D eigenvalue weighted by Crippen LogP contribution is 2.30. The normalized spacial score (nSPS) is 15.0. The van der Waals surface area contributed by atoms with Crippen LogP contribution in [0.2, 0.25) is 0 Å². The van der Waals surface area contributed by atoms with Crippen molar-refractivity contribution in [2.24, 2.45) is 0 Å². The van der Waals surface area contributed by atoms with Gasteiger partial charge < -0.3 is 9.73 Å². The Hall–Kier alpha value is -1.75. The zero-order chi connectivity index (χ0) is 12.8. The molecule has 0 aliphatic heterocycles. The molecule has 96 valence electrons. The van der Waals surface area contributed by atoms with Gasteiger partial charge in [0, 0.05) is 22.0 Å². The van der Waals surface area contributed by atoms with Gasteiger partial charge in [-0.05, 0) is 37.1 Å². The first kappa shape index (κ1) is 11.1. The lowest BCUT2D eigenvalue weighted by molar-refractivity contribution is 0.628. The van der Waals surface area contributed by atoms with Gasteiger partial charge in [-0.2, -0.15) is 5.10 Å². The van der Waals surface area contributed by atoms with Crippen molar-refractivity contribution >= 4 is 32.7 Å². The maximum atomic E-state index is 5.82. The summed E-state index contributed by atoms with van der Waals surface area (Å²) in [5, 5.41) is 11.7. The third-order valence-electron chi connectivity index (χ3n) is 3.25. The van der Waals surface area contributed by atoms with Crippen LogP contribution in [0.1, 0.15) is 12.8 Å². The van der Waals surface area contributed by atoms with E-state index in [4.69, 9.17) is 4.42 Å². The van der Waals surface area contributed by atoms with Crippen molar-refractivity contribution in [3.05, 3.63) is 34.8 Å². The highest BCUT2D eigenvalue weighted by Gasteiger charge is 2.22. The third-order valence-corrected chi connectivity index (χ3v) is 3.74. The van der Waals surface area contributed by atoms with Crippen molar-refractivity contribution in [1.82, 2.24) is 10.2 Å². The molecular weight excluding hydrogens is 306 g/mol. The first-order chi connectivity index (χ1) is 9.28. The molecule has 0 bridgehead atoms. The summed E-state index contributed by atoms with van der Waals surface area (Å²) < 4.78 is 6.87. The van der Waals surface area contributed by atoms with Crippen molar-refractivity contribution in [3.63, 3.8) is 0 Å². The van der Waals surface area contributed by atoms with Gasteiger partial charge in [0.2, 0.25) is 0 Å². The topological polar surface area (TPSA) is 53.9 Å². The molecule has 2 heterocycles. The zero-order valence-electron chi connectivity index (χ0n) is 10.1. The Bertz CT molecular complexity index is 742. The lowest BCUT2D eigenvalue weighted by Gasteiger charge is -1.95. The Labute approximate surface area is 118 Å². The quantitative estimate of drug-likeness (QED) is 0.762. The number of anilines is 1. The van der Waals surface area contributed by atoms with E-state index in [2.05, 4.69) is 31.4 Å². The highest BCUT2D eigenvalue weighted by atomic mass is 79.9. The molecule has 0 amide bonds. The molecule has 4 nitrogen and oxygen atoms in total. The van der Waals surface area contributed by atoms with Gasteiger partial charge in [0.15, 0.2) is 5.76 Å². The van der Waals surface area contributed by atoms with Crippen molar-refractivity contribution in [2.45, 2.75) is 18.9 Å². The predicted octanol–water partition coefficient (Wildman–Crippen LogP) is 4.16. The summed E-state index contributed by atoms with van der Waals surface area (Å²) in [6.07, 6.45) is 2.47. The molecule has 1 aliphatic rings. The van der Waals surface area contributed by atoms with Crippen molar-refractivity contribution in [2.75, 3.05) is 5.32 Å². The number of H-pyrrole nitrogens is 1. The van der Waals surface area contributed by atoms with E-state index in [0.29, 0.717) is 6.04 Å². The molecule has 1 saturated carbocycles. The molecule has 0 atom stereocenters. The third kappa shape index (κ3) is 2.14. The Balaban J connectivity index is 1.70. The number of nitrogens with one attached hydrogen (secondary N) is 2. The van der Waals surface area contributed by atoms with Crippen LogP contribution in [0.4, 0.5) is 5.82 Å². The van der Waals surface area contributed by atoms with Crippen LogP contribution < -0.4 is 5.32 Å². The number of hydrogen-bond acceptors (Lipinski definition) is 3. The predicted molar refractivity (Wildman–Crippen MR) is 78.1 cm³/mol. The van der Waals surface area contributed by atoms with Crippen LogP contribution in [0, 0.1) is 0 Å². The molecule has 2 N–H and O–H groups in total. The van der Waals surface area contributed by atoms with E-state index in [-0.39, 0.29) is 0 Å². The van der Waals surface area contributed by atoms with Crippen molar-refractivity contribution in [3.8, 4) is 11.5 Å². The van der Waals surface area contributed by atoms with Crippen LogP contribution >= 0.6 is 15.9 Å².